The molecule has 2 aromatic carbocycles. The van der Waals surface area contributed by atoms with Crippen molar-refractivity contribution in [3.05, 3.63) is 46.4 Å². The number of hydrogen-bond acceptors (Lipinski definition) is 4. The van der Waals surface area contributed by atoms with Crippen LogP contribution in [-0.2, 0) is 0 Å². The standard InChI is InChI=1S/C12H9BCl2O4/c14-11-7(16)3-1-5-9(11)18-13-19-10-6-2-4-8(17)12(10)15/h1-6,13,16-17H. The maximum absolute atomic E-state index is 9.39. The Hall–Kier alpha value is -1.72. The zero-order valence-corrected chi connectivity index (χ0v) is 11.1. The monoisotopic (exact) mass is 298 g/mol. The van der Waals surface area contributed by atoms with Gasteiger partial charge in [0.2, 0.25) is 0 Å². The first-order chi connectivity index (χ1) is 9.09. The number of hydrogen-bond donors (Lipinski definition) is 2. The Bertz CT molecular complexity index is 540. The van der Waals surface area contributed by atoms with Gasteiger partial charge < -0.3 is 19.5 Å². The topological polar surface area (TPSA) is 58.9 Å². The van der Waals surface area contributed by atoms with Gasteiger partial charge in [-0.15, -0.1) is 0 Å². The van der Waals surface area contributed by atoms with Crippen LogP contribution < -0.4 is 9.31 Å². The predicted octanol–water partition coefficient (Wildman–Crippen LogP) is 3.13. The number of phenols is 2. The van der Waals surface area contributed by atoms with Gasteiger partial charge >= 0.3 is 7.69 Å². The molecule has 0 bridgehead atoms. The lowest BCUT2D eigenvalue weighted by Crippen LogP contribution is -2.11. The molecular weight excluding hydrogens is 290 g/mol. The summed E-state index contributed by atoms with van der Waals surface area (Å²) in [5.74, 6) is 0.431. The normalized spacial score (nSPS) is 10.0. The summed E-state index contributed by atoms with van der Waals surface area (Å²) in [6, 6.07) is 9.27. The van der Waals surface area contributed by atoms with Crippen molar-refractivity contribution in [1.29, 1.82) is 0 Å². The maximum atomic E-state index is 9.39. The minimum Gasteiger partial charge on any atom is -0.527 e. The Morgan fingerprint density at radius 2 is 1.21 bits per heavy atom. The summed E-state index contributed by atoms with van der Waals surface area (Å²) in [5.41, 5.74) is 0. The lowest BCUT2D eigenvalue weighted by Gasteiger charge is -2.10. The van der Waals surface area contributed by atoms with Gasteiger partial charge in [0.25, 0.3) is 0 Å². The smallest absolute Gasteiger partial charge is 0.527 e. The second-order valence-corrected chi connectivity index (χ2v) is 4.34. The average Bonchev–Trinajstić information content (AvgIpc) is 2.39. The number of halogens is 2. The molecule has 0 saturated heterocycles. The molecular formula is C12H9BCl2O4. The van der Waals surface area contributed by atoms with Gasteiger partial charge in [0.15, 0.2) is 0 Å². The minimum atomic E-state index is -0.160. The SMILES string of the molecule is Oc1cccc(OBOc2cccc(O)c2Cl)c1Cl. The summed E-state index contributed by atoms with van der Waals surface area (Å²) in [6.07, 6.45) is 0. The van der Waals surface area contributed by atoms with Gasteiger partial charge in [-0.1, -0.05) is 35.3 Å². The van der Waals surface area contributed by atoms with E-state index in [1.165, 1.54) is 12.1 Å². The Morgan fingerprint density at radius 3 is 1.63 bits per heavy atom. The van der Waals surface area contributed by atoms with Gasteiger partial charge in [0.1, 0.15) is 33.0 Å². The molecule has 0 aliphatic rings. The molecule has 0 radical (unpaired) electrons. The summed E-state index contributed by atoms with van der Waals surface area (Å²) in [6.45, 7) is 0. The van der Waals surface area contributed by atoms with E-state index < -0.39 is 0 Å². The molecule has 0 aromatic heterocycles. The van der Waals surface area contributed by atoms with Crippen LogP contribution in [-0.4, -0.2) is 17.9 Å². The fraction of sp³-hybridized carbons (Fsp3) is 0. The molecule has 0 saturated carbocycles. The summed E-state index contributed by atoms with van der Waals surface area (Å²) < 4.78 is 10.5. The first-order valence-electron chi connectivity index (χ1n) is 5.30. The first kappa shape index (κ1) is 13.7. The van der Waals surface area contributed by atoms with Crippen LogP contribution in [0.1, 0.15) is 0 Å². The van der Waals surface area contributed by atoms with Gasteiger partial charge in [-0.05, 0) is 24.3 Å². The molecule has 0 fully saturated rings. The van der Waals surface area contributed by atoms with Crippen LogP contribution in [0.2, 0.25) is 10.0 Å². The lowest BCUT2D eigenvalue weighted by molar-refractivity contribution is 0.443. The highest BCUT2D eigenvalue weighted by Crippen LogP contribution is 2.34. The van der Waals surface area contributed by atoms with Crippen LogP contribution in [0.15, 0.2) is 36.4 Å². The second kappa shape index (κ2) is 5.95. The lowest BCUT2D eigenvalue weighted by atomic mass is 10.2. The van der Waals surface area contributed by atoms with Crippen LogP contribution in [0, 0.1) is 0 Å². The largest absolute Gasteiger partial charge is 0.576 e. The molecule has 2 rings (SSSR count). The first-order valence-corrected chi connectivity index (χ1v) is 6.05. The molecule has 0 spiro atoms. The molecule has 2 aromatic rings. The van der Waals surface area contributed by atoms with Gasteiger partial charge in [-0.2, -0.15) is 0 Å². The summed E-state index contributed by atoms with van der Waals surface area (Å²) in [7, 11) is -0.160. The minimum absolute atomic E-state index is 0.0745. The fourth-order valence-corrected chi connectivity index (χ4v) is 1.74. The van der Waals surface area contributed by atoms with E-state index in [0.29, 0.717) is 0 Å². The van der Waals surface area contributed by atoms with Crippen molar-refractivity contribution in [1.82, 2.24) is 0 Å². The molecule has 19 heavy (non-hydrogen) atoms. The quantitative estimate of drug-likeness (QED) is 0.852. The van der Waals surface area contributed by atoms with Crippen molar-refractivity contribution >= 4 is 30.9 Å². The van der Waals surface area contributed by atoms with Crippen molar-refractivity contribution < 1.29 is 19.5 Å². The summed E-state index contributed by atoms with van der Waals surface area (Å²) in [4.78, 5) is 0. The Balaban J connectivity index is 2.00. The van der Waals surface area contributed by atoms with Crippen molar-refractivity contribution in [3.8, 4) is 23.0 Å². The highest BCUT2D eigenvalue weighted by molar-refractivity contribution is 6.35. The van der Waals surface area contributed by atoms with Crippen LogP contribution in [0.25, 0.3) is 0 Å². The van der Waals surface area contributed by atoms with E-state index in [4.69, 9.17) is 32.5 Å². The van der Waals surface area contributed by atoms with E-state index in [1.54, 1.807) is 24.3 Å². The summed E-state index contributed by atoms with van der Waals surface area (Å²) >= 11 is 11.7. The van der Waals surface area contributed by atoms with E-state index in [0.717, 1.165) is 0 Å². The number of aromatic hydroxyl groups is 2. The zero-order valence-electron chi connectivity index (χ0n) is 9.64. The molecule has 2 N–H and O–H groups in total. The highest BCUT2D eigenvalue weighted by atomic mass is 35.5. The molecule has 98 valence electrons. The average molecular weight is 299 g/mol. The van der Waals surface area contributed by atoms with Crippen LogP contribution >= 0.6 is 23.2 Å². The fourth-order valence-electron chi connectivity index (χ4n) is 1.38. The van der Waals surface area contributed by atoms with E-state index in [2.05, 4.69) is 0 Å². The van der Waals surface area contributed by atoms with Crippen LogP contribution in [0.4, 0.5) is 0 Å². The number of benzene rings is 2. The maximum Gasteiger partial charge on any atom is 0.576 e. The van der Waals surface area contributed by atoms with Crippen molar-refractivity contribution in [2.24, 2.45) is 0 Å². The van der Waals surface area contributed by atoms with Crippen LogP contribution in [0.5, 0.6) is 23.0 Å². The second-order valence-electron chi connectivity index (χ2n) is 3.59. The summed E-state index contributed by atoms with van der Waals surface area (Å²) in [5, 5.41) is 19.0. The van der Waals surface area contributed by atoms with Crippen molar-refractivity contribution in [2.75, 3.05) is 0 Å². The highest BCUT2D eigenvalue weighted by Gasteiger charge is 2.10. The third-order valence-corrected chi connectivity index (χ3v) is 3.07. The Kier molecular flexibility index (Phi) is 4.29. The molecule has 0 aliphatic heterocycles. The molecule has 0 heterocycles. The van der Waals surface area contributed by atoms with E-state index in [9.17, 15) is 10.2 Å². The molecule has 7 heteroatoms. The van der Waals surface area contributed by atoms with E-state index in [1.807, 2.05) is 0 Å². The molecule has 0 atom stereocenters. The van der Waals surface area contributed by atoms with Gasteiger partial charge in [0, 0.05) is 0 Å². The molecule has 0 unspecified atom stereocenters. The third-order valence-electron chi connectivity index (χ3n) is 2.31. The number of phenolic OH excluding ortho intramolecular Hbond substituents is 2. The van der Waals surface area contributed by atoms with Gasteiger partial charge in [-0.3, -0.25) is 0 Å². The van der Waals surface area contributed by atoms with Crippen molar-refractivity contribution in [2.45, 2.75) is 0 Å². The van der Waals surface area contributed by atoms with E-state index >= 15 is 0 Å². The third kappa shape index (κ3) is 3.19. The van der Waals surface area contributed by atoms with Crippen molar-refractivity contribution in [3.63, 3.8) is 0 Å². The molecule has 0 aliphatic carbocycles. The van der Waals surface area contributed by atoms with E-state index in [-0.39, 0.29) is 40.7 Å². The predicted molar refractivity (Wildman–Crippen MR) is 74.6 cm³/mol. The Morgan fingerprint density at radius 1 is 0.789 bits per heavy atom. The number of rotatable bonds is 4. The zero-order chi connectivity index (χ0) is 13.8. The molecule has 0 amide bonds. The Labute approximate surface area is 120 Å². The van der Waals surface area contributed by atoms with Gasteiger partial charge in [-0.25, -0.2) is 0 Å². The van der Waals surface area contributed by atoms with Crippen LogP contribution in [0.3, 0.4) is 0 Å². The van der Waals surface area contributed by atoms with Gasteiger partial charge in [0.05, 0.1) is 0 Å². The molecule has 4 nitrogen and oxygen atoms in total.